The van der Waals surface area contributed by atoms with Gasteiger partial charge in [0.25, 0.3) is 0 Å². The summed E-state index contributed by atoms with van der Waals surface area (Å²) in [7, 11) is 0. The molecule has 3 heteroatoms. The van der Waals surface area contributed by atoms with Gasteiger partial charge in [0.15, 0.2) is 0 Å². The molecule has 2 aliphatic rings. The second kappa shape index (κ2) is 4.81. The number of ether oxygens (including phenoxy) is 1. The molecular weight excluding hydrogens is 188 g/mol. The normalized spacial score (nSPS) is 35.2. The van der Waals surface area contributed by atoms with Crippen LogP contribution in [-0.2, 0) is 4.74 Å². The summed E-state index contributed by atoms with van der Waals surface area (Å²) < 4.78 is 5.87. The molecule has 88 valence electrons. The van der Waals surface area contributed by atoms with E-state index in [-0.39, 0.29) is 0 Å². The molecule has 0 spiro atoms. The fourth-order valence-electron chi connectivity index (χ4n) is 2.64. The lowest BCUT2D eigenvalue weighted by Crippen LogP contribution is -2.43. The third-order valence-corrected chi connectivity index (χ3v) is 3.72. The monoisotopic (exact) mass is 212 g/mol. The Bertz CT molecular complexity index is 200. The second-order valence-corrected chi connectivity index (χ2v) is 5.24. The van der Waals surface area contributed by atoms with E-state index < -0.39 is 0 Å². The molecule has 0 radical (unpaired) electrons. The van der Waals surface area contributed by atoms with Crippen LogP contribution in [0.1, 0.15) is 33.6 Å². The Hall–Kier alpha value is -0.120. The SMILES string of the molecule is CC1CNC(C2CCN(C(C)C)CC2)O1. The highest BCUT2D eigenvalue weighted by molar-refractivity contribution is 4.82. The summed E-state index contributed by atoms with van der Waals surface area (Å²) in [6.07, 6.45) is 3.29. The molecule has 0 aromatic rings. The smallest absolute Gasteiger partial charge is 0.111 e. The molecule has 2 fully saturated rings. The molecule has 2 heterocycles. The molecule has 0 saturated carbocycles. The number of piperidine rings is 1. The molecule has 3 nitrogen and oxygen atoms in total. The highest BCUT2D eigenvalue weighted by atomic mass is 16.5. The molecule has 0 aromatic carbocycles. The summed E-state index contributed by atoms with van der Waals surface area (Å²) in [6, 6.07) is 0.697. The van der Waals surface area contributed by atoms with Gasteiger partial charge < -0.3 is 9.64 Å². The summed E-state index contributed by atoms with van der Waals surface area (Å²) in [5, 5.41) is 3.48. The van der Waals surface area contributed by atoms with Gasteiger partial charge in [-0.3, -0.25) is 5.32 Å². The van der Waals surface area contributed by atoms with Gasteiger partial charge in [0.1, 0.15) is 6.23 Å². The second-order valence-electron chi connectivity index (χ2n) is 5.24. The van der Waals surface area contributed by atoms with E-state index in [0.717, 1.165) is 12.5 Å². The van der Waals surface area contributed by atoms with Gasteiger partial charge >= 0.3 is 0 Å². The van der Waals surface area contributed by atoms with E-state index in [1.54, 1.807) is 0 Å². The van der Waals surface area contributed by atoms with Crippen molar-refractivity contribution in [3.63, 3.8) is 0 Å². The van der Waals surface area contributed by atoms with Crippen LogP contribution >= 0.6 is 0 Å². The zero-order chi connectivity index (χ0) is 10.8. The van der Waals surface area contributed by atoms with E-state index >= 15 is 0 Å². The Morgan fingerprint density at radius 1 is 1.27 bits per heavy atom. The third-order valence-electron chi connectivity index (χ3n) is 3.72. The van der Waals surface area contributed by atoms with Crippen molar-refractivity contribution >= 4 is 0 Å². The Morgan fingerprint density at radius 2 is 1.93 bits per heavy atom. The van der Waals surface area contributed by atoms with Crippen molar-refractivity contribution in [2.75, 3.05) is 19.6 Å². The van der Waals surface area contributed by atoms with Gasteiger partial charge in [-0.15, -0.1) is 0 Å². The molecule has 0 aromatic heterocycles. The molecule has 2 aliphatic heterocycles. The maximum absolute atomic E-state index is 5.87. The van der Waals surface area contributed by atoms with Gasteiger partial charge in [-0.05, 0) is 46.7 Å². The summed E-state index contributed by atoms with van der Waals surface area (Å²) in [4.78, 5) is 2.56. The topological polar surface area (TPSA) is 24.5 Å². The average molecular weight is 212 g/mol. The molecule has 0 amide bonds. The van der Waals surface area contributed by atoms with Crippen molar-refractivity contribution in [3.05, 3.63) is 0 Å². The van der Waals surface area contributed by atoms with Crippen molar-refractivity contribution in [2.45, 2.75) is 52.0 Å². The summed E-state index contributed by atoms with van der Waals surface area (Å²) >= 11 is 0. The van der Waals surface area contributed by atoms with Crippen LogP contribution < -0.4 is 5.32 Å². The fourth-order valence-corrected chi connectivity index (χ4v) is 2.64. The Morgan fingerprint density at radius 3 is 2.40 bits per heavy atom. The molecule has 2 unspecified atom stereocenters. The van der Waals surface area contributed by atoms with E-state index in [1.165, 1.54) is 25.9 Å². The largest absolute Gasteiger partial charge is 0.359 e. The minimum atomic E-state index is 0.328. The lowest BCUT2D eigenvalue weighted by atomic mass is 9.94. The van der Waals surface area contributed by atoms with Crippen molar-refractivity contribution in [1.29, 1.82) is 0 Å². The van der Waals surface area contributed by atoms with Crippen LogP contribution in [0.3, 0.4) is 0 Å². The minimum Gasteiger partial charge on any atom is -0.359 e. The van der Waals surface area contributed by atoms with E-state index in [9.17, 15) is 0 Å². The number of nitrogens with zero attached hydrogens (tertiary/aromatic N) is 1. The van der Waals surface area contributed by atoms with Gasteiger partial charge in [-0.2, -0.15) is 0 Å². The number of rotatable bonds is 2. The van der Waals surface area contributed by atoms with E-state index in [4.69, 9.17) is 4.74 Å². The van der Waals surface area contributed by atoms with Gasteiger partial charge in [-0.1, -0.05) is 0 Å². The standard InChI is InChI=1S/C12H24N2O/c1-9(2)14-6-4-11(5-7-14)12-13-8-10(3)15-12/h9-13H,4-8H2,1-3H3. The molecular formula is C12H24N2O. The Labute approximate surface area is 93.2 Å². The van der Waals surface area contributed by atoms with Gasteiger partial charge in [0.05, 0.1) is 6.10 Å². The lowest BCUT2D eigenvalue weighted by Gasteiger charge is -2.36. The molecule has 2 rings (SSSR count). The molecule has 2 atom stereocenters. The zero-order valence-corrected chi connectivity index (χ0v) is 10.2. The zero-order valence-electron chi connectivity index (χ0n) is 10.2. The highest BCUT2D eigenvalue weighted by Crippen LogP contribution is 2.25. The Balaban J connectivity index is 1.78. The number of hydrogen-bond donors (Lipinski definition) is 1. The van der Waals surface area contributed by atoms with Crippen LogP contribution in [0.4, 0.5) is 0 Å². The summed E-state index contributed by atoms with van der Waals surface area (Å²) in [5.74, 6) is 0.727. The first-order valence-electron chi connectivity index (χ1n) is 6.29. The van der Waals surface area contributed by atoms with Crippen molar-refractivity contribution < 1.29 is 4.74 Å². The van der Waals surface area contributed by atoms with Crippen LogP contribution in [0.5, 0.6) is 0 Å². The molecule has 1 N–H and O–H groups in total. The predicted octanol–water partition coefficient (Wildman–Crippen LogP) is 1.44. The first kappa shape index (κ1) is 11.4. The van der Waals surface area contributed by atoms with Crippen LogP contribution in [0.25, 0.3) is 0 Å². The van der Waals surface area contributed by atoms with Crippen LogP contribution in [0.15, 0.2) is 0 Å². The third kappa shape index (κ3) is 2.71. The molecule has 0 aliphatic carbocycles. The number of nitrogens with one attached hydrogen (secondary N) is 1. The maximum Gasteiger partial charge on any atom is 0.111 e. The van der Waals surface area contributed by atoms with Crippen LogP contribution in [0, 0.1) is 5.92 Å². The molecule has 0 bridgehead atoms. The highest BCUT2D eigenvalue weighted by Gasteiger charge is 2.32. The van der Waals surface area contributed by atoms with Crippen molar-refractivity contribution in [3.8, 4) is 0 Å². The number of hydrogen-bond acceptors (Lipinski definition) is 3. The average Bonchev–Trinajstić information content (AvgIpc) is 2.65. The van der Waals surface area contributed by atoms with Crippen molar-refractivity contribution in [2.24, 2.45) is 5.92 Å². The van der Waals surface area contributed by atoms with Crippen LogP contribution in [-0.4, -0.2) is 42.9 Å². The first-order valence-corrected chi connectivity index (χ1v) is 6.29. The summed E-state index contributed by atoms with van der Waals surface area (Å²) in [6.45, 7) is 10.2. The maximum atomic E-state index is 5.87. The van der Waals surface area contributed by atoms with Gasteiger partial charge in [0, 0.05) is 18.5 Å². The molecule has 2 saturated heterocycles. The van der Waals surface area contributed by atoms with E-state index in [1.807, 2.05) is 0 Å². The lowest BCUT2D eigenvalue weighted by molar-refractivity contribution is -0.0114. The Kier molecular flexibility index (Phi) is 3.65. The van der Waals surface area contributed by atoms with Crippen LogP contribution in [0.2, 0.25) is 0 Å². The van der Waals surface area contributed by atoms with E-state index in [2.05, 4.69) is 31.0 Å². The predicted molar refractivity (Wildman–Crippen MR) is 61.8 cm³/mol. The quantitative estimate of drug-likeness (QED) is 0.749. The minimum absolute atomic E-state index is 0.328. The van der Waals surface area contributed by atoms with Crippen molar-refractivity contribution in [1.82, 2.24) is 10.2 Å². The number of likely N-dealkylation sites (tertiary alicyclic amines) is 1. The fraction of sp³-hybridized carbons (Fsp3) is 1.00. The first-order chi connectivity index (χ1) is 7.16. The van der Waals surface area contributed by atoms with Gasteiger partial charge in [0.2, 0.25) is 0 Å². The summed E-state index contributed by atoms with van der Waals surface area (Å²) in [5.41, 5.74) is 0. The van der Waals surface area contributed by atoms with E-state index in [0.29, 0.717) is 18.4 Å². The molecule has 15 heavy (non-hydrogen) atoms. The van der Waals surface area contributed by atoms with Gasteiger partial charge in [-0.25, -0.2) is 0 Å².